The summed E-state index contributed by atoms with van der Waals surface area (Å²) in [6, 6.07) is 6.52. The Bertz CT molecular complexity index is 527. The second-order valence-corrected chi connectivity index (χ2v) is 7.20. The average Bonchev–Trinajstić information content (AvgIpc) is 2.72. The first-order chi connectivity index (χ1) is 6.60. The van der Waals surface area contributed by atoms with Crippen molar-refractivity contribution >= 4 is 37.1 Å². The van der Waals surface area contributed by atoms with E-state index in [0.29, 0.717) is 4.21 Å². The molecule has 0 aliphatic rings. The highest BCUT2D eigenvalue weighted by Crippen LogP contribution is 2.29. The Hall–Kier alpha value is -0.590. The van der Waals surface area contributed by atoms with Crippen LogP contribution in [-0.2, 0) is 9.84 Å². The van der Waals surface area contributed by atoms with Crippen molar-refractivity contribution in [2.24, 2.45) is 0 Å². The predicted octanol–water partition coefficient (Wildman–Crippen LogP) is 2.67. The van der Waals surface area contributed by atoms with Crippen molar-refractivity contribution in [3.05, 3.63) is 34.2 Å². The van der Waals surface area contributed by atoms with Crippen molar-refractivity contribution in [3.8, 4) is 0 Å². The van der Waals surface area contributed by atoms with E-state index in [0.717, 1.165) is 3.79 Å². The zero-order valence-corrected chi connectivity index (χ0v) is 10.1. The molecule has 2 heterocycles. The van der Waals surface area contributed by atoms with Crippen molar-refractivity contribution in [2.45, 2.75) is 9.24 Å². The fraction of sp³-hybridized carbons (Fsp3) is 0. The second-order valence-electron chi connectivity index (χ2n) is 2.60. The molecule has 0 saturated carbocycles. The number of rotatable bonds is 2. The van der Waals surface area contributed by atoms with E-state index in [4.69, 9.17) is 0 Å². The van der Waals surface area contributed by atoms with Gasteiger partial charge in [-0.15, -0.1) is 11.3 Å². The van der Waals surface area contributed by atoms with Gasteiger partial charge < -0.3 is 4.98 Å². The summed E-state index contributed by atoms with van der Waals surface area (Å²) < 4.78 is 24.9. The lowest BCUT2D eigenvalue weighted by atomic mass is 10.7. The molecule has 6 heteroatoms. The third kappa shape index (κ3) is 1.65. The molecule has 0 aliphatic carbocycles. The van der Waals surface area contributed by atoms with Crippen LogP contribution in [0.4, 0.5) is 0 Å². The molecule has 0 aliphatic heterocycles. The molecule has 0 unspecified atom stereocenters. The first kappa shape index (κ1) is 9.95. The maximum atomic E-state index is 11.9. The van der Waals surface area contributed by atoms with Crippen molar-refractivity contribution in [3.63, 3.8) is 0 Å². The van der Waals surface area contributed by atoms with Gasteiger partial charge in [-0.1, -0.05) is 0 Å². The lowest BCUT2D eigenvalue weighted by Crippen LogP contribution is -1.99. The van der Waals surface area contributed by atoms with Crippen LogP contribution in [0.2, 0.25) is 0 Å². The van der Waals surface area contributed by atoms with E-state index < -0.39 is 9.84 Å². The van der Waals surface area contributed by atoms with Crippen LogP contribution in [0.3, 0.4) is 0 Å². The molecule has 0 saturated heterocycles. The molecular weight excluding hydrogens is 286 g/mol. The highest BCUT2D eigenvalue weighted by atomic mass is 79.9. The average molecular weight is 292 g/mol. The Kier molecular flexibility index (Phi) is 2.50. The number of halogens is 1. The van der Waals surface area contributed by atoms with E-state index >= 15 is 0 Å². The molecule has 0 radical (unpaired) electrons. The third-order valence-corrected chi connectivity index (χ3v) is 5.50. The maximum Gasteiger partial charge on any atom is 0.231 e. The van der Waals surface area contributed by atoms with Gasteiger partial charge >= 0.3 is 0 Å². The van der Waals surface area contributed by atoms with E-state index in [-0.39, 0.29) is 5.03 Å². The molecule has 14 heavy (non-hydrogen) atoms. The molecule has 3 nitrogen and oxygen atoms in total. The van der Waals surface area contributed by atoms with Gasteiger partial charge in [0.2, 0.25) is 9.84 Å². The fourth-order valence-corrected chi connectivity index (χ4v) is 4.40. The molecule has 0 spiro atoms. The summed E-state index contributed by atoms with van der Waals surface area (Å²) >= 11 is 4.43. The SMILES string of the molecule is O=S(=O)(c1ccc[nH]1)c1ccc(Br)s1. The molecule has 2 rings (SSSR count). The van der Waals surface area contributed by atoms with E-state index in [1.54, 1.807) is 30.5 Å². The zero-order valence-electron chi connectivity index (χ0n) is 6.90. The van der Waals surface area contributed by atoms with E-state index in [1.165, 1.54) is 11.3 Å². The zero-order chi connectivity index (χ0) is 10.2. The number of hydrogen-bond donors (Lipinski definition) is 1. The normalized spacial score (nSPS) is 11.8. The number of nitrogens with one attached hydrogen (secondary N) is 1. The standard InChI is InChI=1S/C8H6BrNO2S2/c9-6-3-4-8(13-6)14(11,12)7-2-1-5-10-7/h1-5,10H. The maximum absolute atomic E-state index is 11.9. The number of aromatic amines is 1. The summed E-state index contributed by atoms with van der Waals surface area (Å²) in [5, 5.41) is 0.229. The summed E-state index contributed by atoms with van der Waals surface area (Å²) in [7, 11) is -3.34. The van der Waals surface area contributed by atoms with Crippen LogP contribution in [-0.4, -0.2) is 13.4 Å². The second kappa shape index (κ2) is 3.52. The van der Waals surface area contributed by atoms with Crippen LogP contribution in [0.15, 0.2) is 43.5 Å². The Labute approximate surface area is 93.8 Å². The van der Waals surface area contributed by atoms with Gasteiger partial charge in [0.15, 0.2) is 0 Å². The smallest absolute Gasteiger partial charge is 0.231 e. The minimum atomic E-state index is -3.34. The minimum absolute atomic E-state index is 0.229. The minimum Gasteiger partial charge on any atom is -0.352 e. The molecule has 0 atom stereocenters. The van der Waals surface area contributed by atoms with E-state index in [9.17, 15) is 8.42 Å². The highest BCUT2D eigenvalue weighted by molar-refractivity contribution is 9.11. The van der Waals surface area contributed by atoms with Gasteiger partial charge in [-0.05, 0) is 40.2 Å². The van der Waals surface area contributed by atoms with Gasteiger partial charge in [0, 0.05) is 6.20 Å². The Morgan fingerprint density at radius 1 is 1.29 bits per heavy atom. The van der Waals surface area contributed by atoms with Gasteiger partial charge in [0.1, 0.15) is 9.24 Å². The summed E-state index contributed by atoms with van der Waals surface area (Å²) in [5.74, 6) is 0. The summed E-state index contributed by atoms with van der Waals surface area (Å²) in [5.41, 5.74) is 0. The van der Waals surface area contributed by atoms with Crippen molar-refractivity contribution < 1.29 is 8.42 Å². The number of aromatic nitrogens is 1. The molecule has 0 amide bonds. The Morgan fingerprint density at radius 3 is 2.57 bits per heavy atom. The van der Waals surface area contributed by atoms with E-state index in [2.05, 4.69) is 20.9 Å². The van der Waals surface area contributed by atoms with Crippen LogP contribution in [0.1, 0.15) is 0 Å². The monoisotopic (exact) mass is 291 g/mol. The molecule has 0 aromatic carbocycles. The molecule has 74 valence electrons. The van der Waals surface area contributed by atoms with Gasteiger partial charge in [-0.25, -0.2) is 8.42 Å². The molecule has 2 aromatic heterocycles. The van der Waals surface area contributed by atoms with Crippen molar-refractivity contribution in [1.29, 1.82) is 0 Å². The molecule has 1 N–H and O–H groups in total. The molecule has 2 aromatic rings. The number of thiophene rings is 1. The van der Waals surface area contributed by atoms with Crippen LogP contribution in [0, 0.1) is 0 Å². The highest BCUT2D eigenvalue weighted by Gasteiger charge is 2.19. The Morgan fingerprint density at radius 2 is 2.07 bits per heavy atom. The lowest BCUT2D eigenvalue weighted by molar-refractivity contribution is 0.595. The fourth-order valence-electron chi connectivity index (χ4n) is 1.03. The third-order valence-electron chi connectivity index (χ3n) is 1.67. The molecular formula is C8H6BrNO2S2. The molecule has 0 bridgehead atoms. The van der Waals surface area contributed by atoms with Crippen LogP contribution in [0.25, 0.3) is 0 Å². The number of hydrogen-bond acceptors (Lipinski definition) is 3. The van der Waals surface area contributed by atoms with Crippen LogP contribution in [0.5, 0.6) is 0 Å². The number of sulfone groups is 1. The van der Waals surface area contributed by atoms with Crippen molar-refractivity contribution in [2.75, 3.05) is 0 Å². The van der Waals surface area contributed by atoms with Gasteiger partial charge in [-0.2, -0.15) is 0 Å². The molecule has 0 fully saturated rings. The quantitative estimate of drug-likeness (QED) is 0.925. The first-order valence-electron chi connectivity index (χ1n) is 3.74. The number of H-pyrrole nitrogens is 1. The predicted molar refractivity (Wildman–Crippen MR) is 58.3 cm³/mol. The van der Waals surface area contributed by atoms with Gasteiger partial charge in [0.25, 0.3) is 0 Å². The summed E-state index contributed by atoms with van der Waals surface area (Å²) in [4.78, 5) is 2.69. The topological polar surface area (TPSA) is 49.9 Å². The Balaban J connectivity index is 2.54. The van der Waals surface area contributed by atoms with Crippen molar-refractivity contribution in [1.82, 2.24) is 4.98 Å². The lowest BCUT2D eigenvalue weighted by Gasteiger charge is -1.96. The summed E-state index contributed by atoms with van der Waals surface area (Å²) in [6.45, 7) is 0. The van der Waals surface area contributed by atoms with Gasteiger partial charge in [-0.3, -0.25) is 0 Å². The summed E-state index contributed by atoms with van der Waals surface area (Å²) in [6.07, 6.45) is 1.59. The first-order valence-corrected chi connectivity index (χ1v) is 6.84. The van der Waals surface area contributed by atoms with E-state index in [1.807, 2.05) is 0 Å². The van der Waals surface area contributed by atoms with Crippen LogP contribution >= 0.6 is 27.3 Å². The van der Waals surface area contributed by atoms with Gasteiger partial charge in [0.05, 0.1) is 3.79 Å². The van der Waals surface area contributed by atoms with Crippen LogP contribution < -0.4 is 0 Å². The largest absolute Gasteiger partial charge is 0.352 e.